The van der Waals surface area contributed by atoms with Crippen LogP contribution in [0.2, 0.25) is 0 Å². The zero-order chi connectivity index (χ0) is 11.5. The number of benzene rings is 1. The number of aromatic nitrogens is 3. The summed E-state index contributed by atoms with van der Waals surface area (Å²) in [6.07, 6.45) is 1.47. The Kier molecular flexibility index (Phi) is 2.82. The van der Waals surface area contributed by atoms with E-state index < -0.39 is 11.9 Å². The van der Waals surface area contributed by atoms with Crippen LogP contribution in [-0.2, 0) is 0 Å². The molecule has 2 rings (SSSR count). The van der Waals surface area contributed by atoms with Crippen molar-refractivity contribution in [1.29, 1.82) is 0 Å². The first-order valence-electron chi connectivity index (χ1n) is 4.67. The summed E-state index contributed by atoms with van der Waals surface area (Å²) in [6, 6.07) is 3.88. The minimum Gasteiger partial charge on any atom is -0.497 e. The van der Waals surface area contributed by atoms with Crippen LogP contribution in [0.5, 0.6) is 5.75 Å². The van der Waals surface area contributed by atoms with Gasteiger partial charge in [-0.05, 0) is 6.07 Å². The molecule has 84 valence electrons. The van der Waals surface area contributed by atoms with Gasteiger partial charge in [0.2, 0.25) is 0 Å². The standard InChI is InChI=1S/C10H11FN4O/c1-16-6-2-3-7(8(11)4-6)10(12)9-5-13-15-14-9/h2-5,10H,12H2,1H3,(H,13,14,15). The summed E-state index contributed by atoms with van der Waals surface area (Å²) < 4.78 is 18.6. The molecule has 0 aliphatic carbocycles. The van der Waals surface area contributed by atoms with Crippen LogP contribution < -0.4 is 10.5 Å². The lowest BCUT2D eigenvalue weighted by Crippen LogP contribution is -2.14. The Hall–Kier alpha value is -1.95. The minimum atomic E-state index is -0.635. The predicted molar refractivity (Wildman–Crippen MR) is 55.4 cm³/mol. The van der Waals surface area contributed by atoms with Gasteiger partial charge in [-0.1, -0.05) is 6.07 Å². The number of hydrogen-bond acceptors (Lipinski definition) is 4. The first kappa shape index (κ1) is 10.6. The maximum absolute atomic E-state index is 13.7. The van der Waals surface area contributed by atoms with Gasteiger partial charge in [-0.15, -0.1) is 0 Å². The molecule has 3 N–H and O–H groups in total. The second-order valence-corrected chi connectivity index (χ2v) is 3.26. The molecule has 0 aliphatic heterocycles. The van der Waals surface area contributed by atoms with Gasteiger partial charge in [-0.25, -0.2) is 4.39 Å². The first-order chi connectivity index (χ1) is 7.72. The van der Waals surface area contributed by atoms with Crippen molar-refractivity contribution in [3.63, 3.8) is 0 Å². The number of rotatable bonds is 3. The summed E-state index contributed by atoms with van der Waals surface area (Å²) in [7, 11) is 1.48. The highest BCUT2D eigenvalue weighted by Crippen LogP contribution is 2.23. The topological polar surface area (TPSA) is 76.8 Å². The van der Waals surface area contributed by atoms with E-state index >= 15 is 0 Å². The van der Waals surface area contributed by atoms with Crippen LogP contribution in [-0.4, -0.2) is 22.5 Å². The fraction of sp³-hybridized carbons (Fsp3) is 0.200. The first-order valence-corrected chi connectivity index (χ1v) is 4.67. The molecule has 16 heavy (non-hydrogen) atoms. The summed E-state index contributed by atoms with van der Waals surface area (Å²) in [4.78, 5) is 0. The number of ether oxygens (including phenoxy) is 1. The fourth-order valence-corrected chi connectivity index (χ4v) is 1.41. The summed E-state index contributed by atoms with van der Waals surface area (Å²) in [5.41, 5.74) is 6.70. The number of hydrogen-bond donors (Lipinski definition) is 2. The molecule has 0 fully saturated rings. The van der Waals surface area contributed by atoms with Crippen LogP contribution in [0, 0.1) is 5.82 Å². The van der Waals surface area contributed by atoms with E-state index in [4.69, 9.17) is 10.5 Å². The van der Waals surface area contributed by atoms with Crippen LogP contribution in [0.15, 0.2) is 24.4 Å². The van der Waals surface area contributed by atoms with Gasteiger partial charge in [0, 0.05) is 11.6 Å². The van der Waals surface area contributed by atoms with Gasteiger partial charge in [0.05, 0.1) is 19.3 Å². The molecule has 6 heteroatoms. The van der Waals surface area contributed by atoms with Crippen molar-refractivity contribution >= 4 is 0 Å². The predicted octanol–water partition coefficient (Wildman–Crippen LogP) is 1.00. The lowest BCUT2D eigenvalue weighted by Gasteiger charge is -2.10. The van der Waals surface area contributed by atoms with Crippen molar-refractivity contribution in [3.05, 3.63) is 41.5 Å². The van der Waals surface area contributed by atoms with Gasteiger partial charge < -0.3 is 10.5 Å². The molecule has 1 aromatic carbocycles. The third-order valence-electron chi connectivity index (χ3n) is 2.29. The van der Waals surface area contributed by atoms with Crippen LogP contribution >= 0.6 is 0 Å². The molecule has 0 amide bonds. The molecular weight excluding hydrogens is 211 g/mol. The maximum Gasteiger partial charge on any atom is 0.132 e. The van der Waals surface area contributed by atoms with Crippen molar-refractivity contribution in [2.24, 2.45) is 5.73 Å². The fourth-order valence-electron chi connectivity index (χ4n) is 1.41. The van der Waals surface area contributed by atoms with E-state index in [9.17, 15) is 4.39 Å². The third kappa shape index (κ3) is 1.87. The molecule has 1 aromatic heterocycles. The molecule has 5 nitrogen and oxygen atoms in total. The van der Waals surface area contributed by atoms with Gasteiger partial charge in [0.1, 0.15) is 17.3 Å². The largest absolute Gasteiger partial charge is 0.497 e. The van der Waals surface area contributed by atoms with Crippen LogP contribution in [0.25, 0.3) is 0 Å². The average molecular weight is 222 g/mol. The van der Waals surface area contributed by atoms with E-state index in [0.29, 0.717) is 17.0 Å². The average Bonchev–Trinajstić information content (AvgIpc) is 2.81. The summed E-state index contributed by atoms with van der Waals surface area (Å²) in [5.74, 6) is 0.0310. The molecule has 0 saturated carbocycles. The lowest BCUT2D eigenvalue weighted by atomic mass is 10.0. The van der Waals surface area contributed by atoms with Gasteiger partial charge in [-0.3, -0.25) is 0 Å². The van der Waals surface area contributed by atoms with E-state index in [-0.39, 0.29) is 0 Å². The highest BCUT2D eigenvalue weighted by molar-refractivity contribution is 5.33. The van der Waals surface area contributed by atoms with Crippen molar-refractivity contribution in [2.75, 3.05) is 7.11 Å². The second kappa shape index (κ2) is 4.28. The quantitative estimate of drug-likeness (QED) is 0.812. The molecule has 0 aliphatic rings. The van der Waals surface area contributed by atoms with E-state index in [1.807, 2.05) is 0 Å². The molecule has 0 spiro atoms. The number of nitrogens with zero attached hydrogens (tertiary/aromatic N) is 2. The van der Waals surface area contributed by atoms with Crippen molar-refractivity contribution in [1.82, 2.24) is 15.4 Å². The third-order valence-corrected chi connectivity index (χ3v) is 2.29. The van der Waals surface area contributed by atoms with Crippen molar-refractivity contribution in [2.45, 2.75) is 6.04 Å². The molecule has 1 heterocycles. The number of methoxy groups -OCH3 is 1. The lowest BCUT2D eigenvalue weighted by molar-refractivity contribution is 0.410. The molecule has 0 saturated heterocycles. The van der Waals surface area contributed by atoms with Crippen molar-refractivity contribution < 1.29 is 9.13 Å². The Balaban J connectivity index is 2.34. The van der Waals surface area contributed by atoms with Crippen LogP contribution in [0.1, 0.15) is 17.3 Å². The Morgan fingerprint density at radius 1 is 1.50 bits per heavy atom. The molecule has 1 atom stereocenters. The van der Waals surface area contributed by atoms with Crippen LogP contribution in [0.4, 0.5) is 4.39 Å². The SMILES string of the molecule is COc1ccc(C(N)c2cn[nH]n2)c(F)c1. The smallest absolute Gasteiger partial charge is 0.132 e. The Bertz CT molecular complexity index is 472. The Morgan fingerprint density at radius 3 is 2.88 bits per heavy atom. The van der Waals surface area contributed by atoms with Gasteiger partial charge in [-0.2, -0.15) is 15.4 Å². The number of nitrogens with one attached hydrogen (secondary N) is 1. The second-order valence-electron chi connectivity index (χ2n) is 3.26. The normalized spacial score (nSPS) is 12.4. The van der Waals surface area contributed by atoms with Gasteiger partial charge >= 0.3 is 0 Å². The molecule has 1 unspecified atom stereocenters. The highest BCUT2D eigenvalue weighted by Gasteiger charge is 2.16. The molecule has 0 radical (unpaired) electrons. The Morgan fingerprint density at radius 2 is 2.31 bits per heavy atom. The van der Waals surface area contributed by atoms with Crippen molar-refractivity contribution in [3.8, 4) is 5.75 Å². The maximum atomic E-state index is 13.7. The van der Waals surface area contributed by atoms with E-state index in [2.05, 4.69) is 15.4 Å². The molecular formula is C10H11FN4O. The van der Waals surface area contributed by atoms with E-state index in [1.165, 1.54) is 19.4 Å². The number of H-pyrrole nitrogens is 1. The van der Waals surface area contributed by atoms with Gasteiger partial charge in [0.25, 0.3) is 0 Å². The summed E-state index contributed by atoms with van der Waals surface area (Å²) >= 11 is 0. The van der Waals surface area contributed by atoms with Crippen LogP contribution in [0.3, 0.4) is 0 Å². The minimum absolute atomic E-state index is 0.356. The highest BCUT2D eigenvalue weighted by atomic mass is 19.1. The van der Waals surface area contributed by atoms with E-state index in [1.54, 1.807) is 12.1 Å². The monoisotopic (exact) mass is 222 g/mol. The number of nitrogens with two attached hydrogens (primary N) is 1. The van der Waals surface area contributed by atoms with Gasteiger partial charge in [0.15, 0.2) is 0 Å². The summed E-state index contributed by atoms with van der Waals surface area (Å²) in [5, 5.41) is 9.88. The zero-order valence-electron chi connectivity index (χ0n) is 8.64. The molecule has 0 bridgehead atoms. The molecule has 2 aromatic rings. The number of aromatic amines is 1. The zero-order valence-corrected chi connectivity index (χ0v) is 8.64. The number of halogens is 1. The summed E-state index contributed by atoms with van der Waals surface area (Å²) in [6.45, 7) is 0. The Labute approximate surface area is 91.4 Å². The van der Waals surface area contributed by atoms with E-state index in [0.717, 1.165) is 0 Å².